The van der Waals surface area contributed by atoms with Gasteiger partial charge >= 0.3 is 0 Å². The van der Waals surface area contributed by atoms with Crippen molar-refractivity contribution in [2.45, 2.75) is 26.4 Å². The number of nitrogens with zero attached hydrogens (tertiary/aromatic N) is 3. The number of H-pyrrole nitrogens is 1. The molecule has 0 amide bonds. The lowest BCUT2D eigenvalue weighted by atomic mass is 10.0. The van der Waals surface area contributed by atoms with Crippen molar-refractivity contribution in [3.05, 3.63) is 33.0 Å². The molecule has 118 valence electrons. The summed E-state index contributed by atoms with van der Waals surface area (Å²) in [6.07, 6.45) is 2.54. The molecule has 1 atom stereocenters. The summed E-state index contributed by atoms with van der Waals surface area (Å²) in [4.78, 5) is 6.82. The van der Waals surface area contributed by atoms with Crippen molar-refractivity contribution in [2.24, 2.45) is 5.92 Å². The van der Waals surface area contributed by atoms with Gasteiger partial charge in [-0.3, -0.25) is 10.00 Å². The molecule has 0 aliphatic carbocycles. The summed E-state index contributed by atoms with van der Waals surface area (Å²) in [5.41, 5.74) is 0.808. The topological polar surface area (TPSA) is 36.9 Å². The van der Waals surface area contributed by atoms with E-state index in [-0.39, 0.29) is 0 Å². The van der Waals surface area contributed by atoms with E-state index in [9.17, 15) is 0 Å². The van der Waals surface area contributed by atoms with Gasteiger partial charge in [-0.1, -0.05) is 30.1 Å². The Hall–Kier alpha value is -0.880. The number of nitrogens with one attached hydrogen (secondary N) is 1. The number of hydrogen-bond acceptors (Lipinski definition) is 3. The number of piperidine rings is 1. The molecular weight excluding hydrogens is 339 g/mol. The van der Waals surface area contributed by atoms with Crippen LogP contribution in [0.1, 0.15) is 19.8 Å². The van der Waals surface area contributed by atoms with E-state index in [1.807, 2.05) is 10.7 Å². The van der Waals surface area contributed by atoms with Crippen molar-refractivity contribution < 1.29 is 0 Å². The van der Waals surface area contributed by atoms with Gasteiger partial charge in [-0.15, -0.1) is 0 Å². The molecule has 1 fully saturated rings. The van der Waals surface area contributed by atoms with Gasteiger partial charge in [0.25, 0.3) is 0 Å². The molecule has 4 nitrogen and oxygen atoms in total. The molecule has 2 heterocycles. The number of benzene rings is 1. The molecule has 0 spiro atoms. The first-order chi connectivity index (χ1) is 10.5. The molecule has 0 unspecified atom stereocenters. The molecule has 1 aliphatic rings. The SMILES string of the molecule is C[C@H]1CCCN(Cn2[nH]c(-c3ccc(Cl)cc3Cl)nc2=S)C1. The summed E-state index contributed by atoms with van der Waals surface area (Å²) in [5.74, 6) is 1.41. The second-order valence-corrected chi connectivity index (χ2v) is 7.08. The summed E-state index contributed by atoms with van der Waals surface area (Å²) >= 11 is 17.5. The Bertz CT molecular complexity index is 725. The summed E-state index contributed by atoms with van der Waals surface area (Å²) in [5, 5.41) is 4.42. The minimum atomic E-state index is 0.541. The number of aromatic nitrogens is 3. The van der Waals surface area contributed by atoms with Crippen LogP contribution in [0.15, 0.2) is 18.2 Å². The third-order valence-electron chi connectivity index (χ3n) is 3.95. The highest BCUT2D eigenvalue weighted by Gasteiger charge is 2.17. The fourth-order valence-electron chi connectivity index (χ4n) is 2.87. The van der Waals surface area contributed by atoms with Crippen molar-refractivity contribution in [1.82, 2.24) is 19.7 Å². The maximum atomic E-state index is 6.24. The summed E-state index contributed by atoms with van der Waals surface area (Å²) in [6, 6.07) is 5.36. The zero-order valence-corrected chi connectivity index (χ0v) is 14.7. The van der Waals surface area contributed by atoms with Crippen LogP contribution < -0.4 is 0 Å². The van der Waals surface area contributed by atoms with E-state index >= 15 is 0 Å². The van der Waals surface area contributed by atoms with Crippen LogP contribution in [0.2, 0.25) is 10.0 Å². The second-order valence-electron chi connectivity index (χ2n) is 5.87. The molecule has 0 radical (unpaired) electrons. The first kappa shape index (κ1) is 16.0. The Balaban J connectivity index is 1.83. The summed E-state index contributed by atoms with van der Waals surface area (Å²) in [7, 11) is 0. The molecule has 1 N–H and O–H groups in total. The van der Waals surface area contributed by atoms with Crippen LogP contribution in [0.3, 0.4) is 0 Å². The molecular formula is C15H18Cl2N4S. The molecule has 3 rings (SSSR count). The van der Waals surface area contributed by atoms with E-state index in [2.05, 4.69) is 21.9 Å². The van der Waals surface area contributed by atoms with E-state index in [0.717, 1.165) is 31.2 Å². The molecule has 7 heteroatoms. The van der Waals surface area contributed by atoms with E-state index in [1.165, 1.54) is 12.8 Å². The van der Waals surface area contributed by atoms with Crippen LogP contribution in [0.4, 0.5) is 0 Å². The predicted molar refractivity (Wildman–Crippen MR) is 92.8 cm³/mol. The van der Waals surface area contributed by atoms with Crippen LogP contribution in [0.5, 0.6) is 0 Å². The third kappa shape index (κ3) is 3.54. The molecule has 2 aromatic rings. The van der Waals surface area contributed by atoms with Gasteiger partial charge in [-0.2, -0.15) is 4.98 Å². The largest absolute Gasteiger partial charge is 0.284 e. The van der Waals surface area contributed by atoms with Crippen LogP contribution in [0.25, 0.3) is 11.4 Å². The molecule has 1 aromatic heterocycles. The van der Waals surface area contributed by atoms with Gasteiger partial charge in [-0.25, -0.2) is 4.68 Å². The minimum Gasteiger partial charge on any atom is -0.284 e. The fourth-order valence-corrected chi connectivity index (χ4v) is 3.56. The van der Waals surface area contributed by atoms with Crippen molar-refractivity contribution in [1.29, 1.82) is 0 Å². The molecule has 1 aliphatic heterocycles. The standard InChI is InChI=1S/C15H18Cl2N4S/c1-10-3-2-6-20(8-10)9-21-15(22)18-14(19-21)12-5-4-11(16)7-13(12)17/h4-5,7,10H,2-3,6,8-9H2,1H3,(H,18,19,22)/t10-/m0/s1. The Morgan fingerprint density at radius 3 is 2.95 bits per heavy atom. The maximum Gasteiger partial charge on any atom is 0.217 e. The highest BCUT2D eigenvalue weighted by atomic mass is 35.5. The lowest BCUT2D eigenvalue weighted by Crippen LogP contribution is -2.36. The fraction of sp³-hybridized carbons (Fsp3) is 0.467. The number of hydrogen-bond donors (Lipinski definition) is 1. The zero-order valence-electron chi connectivity index (χ0n) is 12.4. The molecule has 0 saturated carbocycles. The number of halogens is 2. The van der Waals surface area contributed by atoms with Gasteiger partial charge in [0, 0.05) is 17.1 Å². The summed E-state index contributed by atoms with van der Waals surface area (Å²) < 4.78 is 2.44. The maximum absolute atomic E-state index is 6.24. The smallest absolute Gasteiger partial charge is 0.217 e. The lowest BCUT2D eigenvalue weighted by molar-refractivity contribution is 0.138. The first-order valence-corrected chi connectivity index (χ1v) is 8.54. The van der Waals surface area contributed by atoms with Crippen LogP contribution >= 0.6 is 35.4 Å². The van der Waals surface area contributed by atoms with Gasteiger partial charge < -0.3 is 0 Å². The van der Waals surface area contributed by atoms with E-state index in [4.69, 9.17) is 35.4 Å². The van der Waals surface area contributed by atoms with Crippen molar-refractivity contribution in [3.63, 3.8) is 0 Å². The Kier molecular flexibility index (Phi) is 4.88. The van der Waals surface area contributed by atoms with Gasteiger partial charge in [0.2, 0.25) is 4.77 Å². The van der Waals surface area contributed by atoms with Crippen molar-refractivity contribution in [3.8, 4) is 11.4 Å². The average molecular weight is 357 g/mol. The number of likely N-dealkylation sites (tertiary alicyclic amines) is 1. The molecule has 22 heavy (non-hydrogen) atoms. The number of aromatic amines is 1. The second kappa shape index (κ2) is 6.71. The third-order valence-corrected chi connectivity index (χ3v) is 4.81. The van der Waals surface area contributed by atoms with Crippen LogP contribution in [-0.4, -0.2) is 32.8 Å². The highest BCUT2D eigenvalue weighted by molar-refractivity contribution is 7.71. The normalized spacial score (nSPS) is 19.5. The minimum absolute atomic E-state index is 0.541. The molecule has 1 saturated heterocycles. The highest BCUT2D eigenvalue weighted by Crippen LogP contribution is 2.28. The Morgan fingerprint density at radius 2 is 2.23 bits per heavy atom. The van der Waals surface area contributed by atoms with Gasteiger partial charge in [0.1, 0.15) is 0 Å². The lowest BCUT2D eigenvalue weighted by Gasteiger charge is -2.30. The van der Waals surface area contributed by atoms with Gasteiger partial charge in [0.05, 0.1) is 11.7 Å². The van der Waals surface area contributed by atoms with Crippen LogP contribution in [-0.2, 0) is 6.67 Å². The van der Waals surface area contributed by atoms with Crippen LogP contribution in [0, 0.1) is 10.7 Å². The van der Waals surface area contributed by atoms with Gasteiger partial charge in [0.15, 0.2) is 5.82 Å². The first-order valence-electron chi connectivity index (χ1n) is 7.37. The monoisotopic (exact) mass is 356 g/mol. The molecule has 0 bridgehead atoms. The van der Waals surface area contributed by atoms with E-state index in [0.29, 0.717) is 20.6 Å². The quantitative estimate of drug-likeness (QED) is 0.816. The zero-order chi connectivity index (χ0) is 15.7. The Morgan fingerprint density at radius 1 is 1.41 bits per heavy atom. The van der Waals surface area contributed by atoms with E-state index in [1.54, 1.807) is 12.1 Å². The number of rotatable bonds is 3. The van der Waals surface area contributed by atoms with E-state index < -0.39 is 0 Å². The molecule has 1 aromatic carbocycles. The Labute approximate surface area is 145 Å². The predicted octanol–water partition coefficient (Wildman–Crippen LogP) is 4.60. The average Bonchev–Trinajstić information content (AvgIpc) is 2.80. The van der Waals surface area contributed by atoms with Crippen molar-refractivity contribution >= 4 is 35.4 Å². The van der Waals surface area contributed by atoms with Crippen molar-refractivity contribution in [2.75, 3.05) is 13.1 Å². The summed E-state index contributed by atoms with van der Waals surface area (Å²) in [6.45, 7) is 5.22. The van der Waals surface area contributed by atoms with Gasteiger partial charge in [-0.05, 0) is 55.7 Å².